The van der Waals surface area contributed by atoms with E-state index in [1.165, 1.54) is 19.3 Å². The maximum Gasteiger partial charge on any atom is 0.124 e. The second-order valence-corrected chi connectivity index (χ2v) is 5.87. The predicted octanol–water partition coefficient (Wildman–Crippen LogP) is 4.58. The van der Waals surface area contributed by atoms with E-state index in [0.717, 1.165) is 41.8 Å². The number of halogens is 1. The molecule has 0 aliphatic heterocycles. The number of hydrogen-bond acceptors (Lipinski definition) is 2. The molecule has 1 fully saturated rings. The van der Waals surface area contributed by atoms with Crippen LogP contribution in [-0.4, -0.2) is 13.2 Å². The summed E-state index contributed by atoms with van der Waals surface area (Å²) in [5.41, 5.74) is 1.16. The predicted molar refractivity (Wildman–Crippen MR) is 81.0 cm³/mol. The lowest BCUT2D eigenvalue weighted by molar-refractivity contribution is 0.296. The van der Waals surface area contributed by atoms with Crippen molar-refractivity contribution in [3.8, 4) is 5.75 Å². The molecule has 1 saturated carbocycles. The average Bonchev–Trinajstić information content (AvgIpc) is 3.21. The van der Waals surface area contributed by atoms with Gasteiger partial charge in [-0.2, -0.15) is 0 Å². The maximum absolute atomic E-state index is 6.11. The summed E-state index contributed by atoms with van der Waals surface area (Å²) in [7, 11) is 0. The van der Waals surface area contributed by atoms with Crippen molar-refractivity contribution in [3.05, 3.63) is 28.8 Å². The van der Waals surface area contributed by atoms with Crippen molar-refractivity contribution in [2.24, 2.45) is 5.92 Å². The van der Waals surface area contributed by atoms with Crippen molar-refractivity contribution in [2.45, 2.75) is 45.6 Å². The fraction of sp³-hybridized carbons (Fsp3) is 0.625. The number of benzene rings is 1. The van der Waals surface area contributed by atoms with E-state index in [1.807, 2.05) is 18.2 Å². The van der Waals surface area contributed by atoms with Gasteiger partial charge in [-0.3, -0.25) is 0 Å². The van der Waals surface area contributed by atoms with Crippen molar-refractivity contribution < 1.29 is 4.74 Å². The highest BCUT2D eigenvalue weighted by Gasteiger charge is 2.21. The lowest BCUT2D eigenvalue weighted by Crippen LogP contribution is -2.20. The van der Waals surface area contributed by atoms with Crippen LogP contribution < -0.4 is 10.1 Å². The fourth-order valence-electron chi connectivity index (χ4n) is 2.20. The summed E-state index contributed by atoms with van der Waals surface area (Å²) >= 11 is 6.11. The summed E-state index contributed by atoms with van der Waals surface area (Å²) in [5.74, 6) is 1.88. The average molecular weight is 282 g/mol. The monoisotopic (exact) mass is 281 g/mol. The molecule has 1 N–H and O–H groups in total. The van der Waals surface area contributed by atoms with Crippen molar-refractivity contribution in [1.29, 1.82) is 0 Å². The van der Waals surface area contributed by atoms with E-state index in [9.17, 15) is 0 Å². The molecule has 2 nitrogen and oxygen atoms in total. The van der Waals surface area contributed by atoms with E-state index in [-0.39, 0.29) is 6.04 Å². The molecule has 1 aromatic rings. The maximum atomic E-state index is 6.11. The van der Waals surface area contributed by atoms with Crippen LogP contribution in [0.15, 0.2) is 18.2 Å². The first kappa shape index (κ1) is 14.7. The molecule has 0 spiro atoms. The van der Waals surface area contributed by atoms with Gasteiger partial charge in [0.2, 0.25) is 0 Å². The van der Waals surface area contributed by atoms with Gasteiger partial charge in [-0.05, 0) is 50.4 Å². The third-order valence-electron chi connectivity index (χ3n) is 3.62. The lowest BCUT2D eigenvalue weighted by atomic mass is 10.1. The van der Waals surface area contributed by atoms with Gasteiger partial charge < -0.3 is 10.1 Å². The second kappa shape index (κ2) is 7.16. The SMILES string of the molecule is CCCNC(C)c1cc(Cl)ccc1OCCC1CC1. The van der Waals surface area contributed by atoms with Crippen LogP contribution in [0.25, 0.3) is 0 Å². The fourth-order valence-corrected chi connectivity index (χ4v) is 2.38. The van der Waals surface area contributed by atoms with Gasteiger partial charge in [0, 0.05) is 16.6 Å². The zero-order valence-electron chi connectivity index (χ0n) is 11.9. The first-order chi connectivity index (χ1) is 9.20. The zero-order chi connectivity index (χ0) is 13.7. The van der Waals surface area contributed by atoms with Crippen LogP contribution in [0.2, 0.25) is 5.02 Å². The minimum atomic E-state index is 0.273. The molecule has 0 radical (unpaired) electrons. The Labute approximate surface area is 121 Å². The van der Waals surface area contributed by atoms with E-state index < -0.39 is 0 Å². The smallest absolute Gasteiger partial charge is 0.124 e. The van der Waals surface area contributed by atoms with E-state index in [4.69, 9.17) is 16.3 Å². The van der Waals surface area contributed by atoms with Gasteiger partial charge in [-0.15, -0.1) is 0 Å². The Balaban J connectivity index is 1.98. The normalized spacial score (nSPS) is 16.4. The van der Waals surface area contributed by atoms with Crippen molar-refractivity contribution in [2.75, 3.05) is 13.2 Å². The molecule has 3 heteroatoms. The van der Waals surface area contributed by atoms with Crippen molar-refractivity contribution >= 4 is 11.6 Å². The zero-order valence-corrected chi connectivity index (χ0v) is 12.7. The number of ether oxygens (including phenoxy) is 1. The van der Waals surface area contributed by atoms with Gasteiger partial charge in [0.25, 0.3) is 0 Å². The van der Waals surface area contributed by atoms with Crippen LogP contribution in [0.4, 0.5) is 0 Å². The molecule has 1 atom stereocenters. The Morgan fingerprint density at radius 2 is 2.21 bits per heavy atom. The van der Waals surface area contributed by atoms with Crippen LogP contribution in [0.5, 0.6) is 5.75 Å². The third kappa shape index (κ3) is 4.70. The van der Waals surface area contributed by atoms with Crippen LogP contribution in [0, 0.1) is 5.92 Å². The summed E-state index contributed by atoms with van der Waals surface area (Å²) in [4.78, 5) is 0. The van der Waals surface area contributed by atoms with Crippen LogP contribution in [-0.2, 0) is 0 Å². The number of hydrogen-bond donors (Lipinski definition) is 1. The molecule has 19 heavy (non-hydrogen) atoms. The molecule has 106 valence electrons. The summed E-state index contributed by atoms with van der Waals surface area (Å²) < 4.78 is 5.95. The second-order valence-electron chi connectivity index (χ2n) is 5.44. The number of rotatable bonds is 8. The molecule has 1 aromatic carbocycles. The van der Waals surface area contributed by atoms with Gasteiger partial charge in [0.1, 0.15) is 5.75 Å². The Bertz CT molecular complexity index is 404. The van der Waals surface area contributed by atoms with E-state index >= 15 is 0 Å². The molecule has 0 heterocycles. The molecule has 2 rings (SSSR count). The Morgan fingerprint density at radius 3 is 2.89 bits per heavy atom. The Hall–Kier alpha value is -0.730. The van der Waals surface area contributed by atoms with Crippen LogP contribution >= 0.6 is 11.6 Å². The van der Waals surface area contributed by atoms with Crippen molar-refractivity contribution in [3.63, 3.8) is 0 Å². The van der Waals surface area contributed by atoms with E-state index in [0.29, 0.717) is 0 Å². The molecule has 1 unspecified atom stereocenters. The highest BCUT2D eigenvalue weighted by Crippen LogP contribution is 2.33. The molecule has 0 bridgehead atoms. The van der Waals surface area contributed by atoms with Crippen molar-refractivity contribution in [1.82, 2.24) is 5.32 Å². The lowest BCUT2D eigenvalue weighted by Gasteiger charge is -2.18. The van der Waals surface area contributed by atoms with Gasteiger partial charge in [0.15, 0.2) is 0 Å². The summed E-state index contributed by atoms with van der Waals surface area (Å²) in [6.07, 6.45) is 5.07. The van der Waals surface area contributed by atoms with Crippen LogP contribution in [0.1, 0.15) is 51.1 Å². The largest absolute Gasteiger partial charge is 0.493 e. The van der Waals surface area contributed by atoms with E-state index in [2.05, 4.69) is 19.2 Å². The third-order valence-corrected chi connectivity index (χ3v) is 3.85. The summed E-state index contributed by atoms with van der Waals surface area (Å²) in [6, 6.07) is 6.19. The minimum absolute atomic E-state index is 0.273. The number of nitrogens with one attached hydrogen (secondary N) is 1. The Morgan fingerprint density at radius 1 is 1.42 bits per heavy atom. The van der Waals surface area contributed by atoms with Gasteiger partial charge in [-0.1, -0.05) is 31.4 Å². The van der Waals surface area contributed by atoms with Gasteiger partial charge >= 0.3 is 0 Å². The summed E-state index contributed by atoms with van der Waals surface area (Å²) in [6.45, 7) is 6.16. The first-order valence-electron chi connectivity index (χ1n) is 7.36. The molecule has 0 aromatic heterocycles. The Kier molecular flexibility index (Phi) is 5.53. The highest BCUT2D eigenvalue weighted by molar-refractivity contribution is 6.30. The molecule has 0 saturated heterocycles. The molecule has 0 amide bonds. The first-order valence-corrected chi connectivity index (χ1v) is 7.74. The molecule has 1 aliphatic rings. The van der Waals surface area contributed by atoms with Crippen LogP contribution in [0.3, 0.4) is 0 Å². The quantitative estimate of drug-likeness (QED) is 0.753. The van der Waals surface area contributed by atoms with E-state index in [1.54, 1.807) is 0 Å². The molecular weight excluding hydrogens is 258 g/mol. The highest BCUT2D eigenvalue weighted by atomic mass is 35.5. The van der Waals surface area contributed by atoms with Gasteiger partial charge in [0.05, 0.1) is 6.61 Å². The molecular formula is C16H24ClNO. The molecule has 1 aliphatic carbocycles. The standard InChI is InChI=1S/C16H24ClNO/c1-3-9-18-12(2)15-11-14(17)6-7-16(15)19-10-8-13-4-5-13/h6-7,11-13,18H,3-5,8-10H2,1-2H3. The van der Waals surface area contributed by atoms with Gasteiger partial charge in [-0.25, -0.2) is 0 Å². The summed E-state index contributed by atoms with van der Waals surface area (Å²) in [5, 5.41) is 4.26. The minimum Gasteiger partial charge on any atom is -0.493 e. The topological polar surface area (TPSA) is 21.3 Å².